The lowest BCUT2D eigenvalue weighted by molar-refractivity contribution is 0.460. The lowest BCUT2D eigenvalue weighted by atomic mass is 10.0. The molecule has 0 spiro atoms. The van der Waals surface area contributed by atoms with Crippen LogP contribution in [0.25, 0.3) is 11.0 Å². The minimum atomic E-state index is -0.170. The zero-order valence-electron chi connectivity index (χ0n) is 10.6. The van der Waals surface area contributed by atoms with Crippen LogP contribution in [0.4, 0.5) is 4.39 Å². The van der Waals surface area contributed by atoms with Crippen molar-refractivity contribution in [2.24, 2.45) is 5.92 Å². The van der Waals surface area contributed by atoms with Gasteiger partial charge in [0.15, 0.2) is 4.77 Å². The molecule has 2 aromatic rings. The number of aromatic amines is 1. The van der Waals surface area contributed by atoms with Crippen molar-refractivity contribution < 1.29 is 4.39 Å². The Morgan fingerprint density at radius 1 is 1.37 bits per heavy atom. The number of aryl methyl sites for hydroxylation is 1. The van der Waals surface area contributed by atoms with Crippen LogP contribution in [0, 0.1) is 20.1 Å². The van der Waals surface area contributed by atoms with Gasteiger partial charge in [-0.25, -0.2) is 4.39 Å². The van der Waals surface area contributed by atoms with Gasteiger partial charge in [-0.1, -0.05) is 25.7 Å². The molecule has 0 saturated heterocycles. The molecule has 0 unspecified atom stereocenters. The third-order valence-electron chi connectivity index (χ3n) is 4.05. The van der Waals surface area contributed by atoms with E-state index >= 15 is 0 Å². The number of hydrogen-bond acceptors (Lipinski definition) is 1. The molecule has 0 atom stereocenters. The first-order valence-corrected chi connectivity index (χ1v) is 8.21. The van der Waals surface area contributed by atoms with Crippen LogP contribution < -0.4 is 0 Å². The predicted molar refractivity (Wildman–Crippen MR) is 86.4 cm³/mol. The molecular formula is C14H16FIN2S. The monoisotopic (exact) mass is 390 g/mol. The Morgan fingerprint density at radius 3 is 2.84 bits per heavy atom. The maximum Gasteiger partial charge on any atom is 0.178 e. The first-order chi connectivity index (χ1) is 9.15. The molecule has 1 saturated carbocycles. The molecule has 1 heterocycles. The number of halogens is 2. The van der Waals surface area contributed by atoms with Gasteiger partial charge < -0.3 is 9.55 Å². The highest BCUT2D eigenvalue weighted by atomic mass is 127. The molecule has 1 N–H and O–H groups in total. The molecule has 1 aromatic heterocycles. The summed E-state index contributed by atoms with van der Waals surface area (Å²) in [6.07, 6.45) is 6.53. The van der Waals surface area contributed by atoms with Crippen molar-refractivity contribution in [3.63, 3.8) is 0 Å². The molecule has 5 heteroatoms. The van der Waals surface area contributed by atoms with Crippen molar-refractivity contribution in [1.29, 1.82) is 0 Å². The number of nitrogens with one attached hydrogen (secondary N) is 1. The van der Waals surface area contributed by atoms with Crippen LogP contribution in [0.2, 0.25) is 0 Å². The van der Waals surface area contributed by atoms with Gasteiger partial charge in [0.25, 0.3) is 0 Å². The lowest BCUT2D eigenvalue weighted by Gasteiger charge is -2.10. The van der Waals surface area contributed by atoms with Crippen molar-refractivity contribution in [3.8, 4) is 0 Å². The van der Waals surface area contributed by atoms with Gasteiger partial charge in [-0.3, -0.25) is 0 Å². The molecular weight excluding hydrogens is 374 g/mol. The van der Waals surface area contributed by atoms with Gasteiger partial charge >= 0.3 is 0 Å². The van der Waals surface area contributed by atoms with E-state index in [9.17, 15) is 4.39 Å². The largest absolute Gasteiger partial charge is 0.331 e. The van der Waals surface area contributed by atoms with Crippen molar-refractivity contribution in [3.05, 3.63) is 26.3 Å². The van der Waals surface area contributed by atoms with Crippen LogP contribution in [-0.2, 0) is 6.54 Å². The predicted octanol–water partition coefficient (Wildman–Crippen LogP) is 5.02. The van der Waals surface area contributed by atoms with E-state index < -0.39 is 0 Å². The zero-order valence-corrected chi connectivity index (χ0v) is 13.6. The van der Waals surface area contributed by atoms with Gasteiger partial charge in [0.05, 0.1) is 14.6 Å². The zero-order chi connectivity index (χ0) is 13.4. The van der Waals surface area contributed by atoms with E-state index in [1.54, 1.807) is 6.07 Å². The molecule has 102 valence electrons. The summed E-state index contributed by atoms with van der Waals surface area (Å²) < 4.78 is 17.1. The fraction of sp³-hybridized carbons (Fsp3) is 0.500. The second-order valence-corrected chi connectivity index (χ2v) is 6.85. The summed E-state index contributed by atoms with van der Waals surface area (Å²) in [6.45, 7) is 0.892. The number of rotatable bonds is 3. The summed E-state index contributed by atoms with van der Waals surface area (Å²) in [5.41, 5.74) is 1.82. The normalized spacial score (nSPS) is 16.5. The Morgan fingerprint density at radius 2 is 2.11 bits per heavy atom. The third-order valence-corrected chi connectivity index (χ3v) is 5.20. The van der Waals surface area contributed by atoms with Gasteiger partial charge in [-0.15, -0.1) is 0 Å². The van der Waals surface area contributed by atoms with E-state index in [2.05, 4.69) is 4.98 Å². The second kappa shape index (κ2) is 5.52. The average Bonchev–Trinajstić information content (AvgIpc) is 2.96. The third kappa shape index (κ3) is 2.72. The Kier molecular flexibility index (Phi) is 3.93. The Balaban J connectivity index is 1.91. The Hall–Kier alpha value is -0.430. The lowest BCUT2D eigenvalue weighted by Crippen LogP contribution is -2.03. The van der Waals surface area contributed by atoms with E-state index in [1.165, 1.54) is 25.7 Å². The van der Waals surface area contributed by atoms with E-state index in [-0.39, 0.29) is 5.82 Å². The van der Waals surface area contributed by atoms with Crippen LogP contribution in [0.1, 0.15) is 32.1 Å². The summed E-state index contributed by atoms with van der Waals surface area (Å²) in [6, 6.07) is 3.42. The number of aromatic nitrogens is 2. The quantitative estimate of drug-likeness (QED) is 0.577. The average molecular weight is 390 g/mol. The maximum absolute atomic E-state index is 13.7. The van der Waals surface area contributed by atoms with Gasteiger partial charge in [0.2, 0.25) is 0 Å². The molecule has 0 aliphatic heterocycles. The fourth-order valence-corrected chi connectivity index (χ4v) is 3.75. The highest BCUT2D eigenvalue weighted by Gasteiger charge is 2.16. The van der Waals surface area contributed by atoms with Crippen molar-refractivity contribution in [2.45, 2.75) is 38.6 Å². The van der Waals surface area contributed by atoms with Crippen LogP contribution in [0.5, 0.6) is 0 Å². The number of nitrogens with zero attached hydrogens (tertiary/aromatic N) is 1. The molecule has 0 bridgehead atoms. The minimum Gasteiger partial charge on any atom is -0.331 e. The summed E-state index contributed by atoms with van der Waals surface area (Å²) in [5, 5.41) is 0. The van der Waals surface area contributed by atoms with Gasteiger partial charge in [0.1, 0.15) is 5.82 Å². The standard InChI is InChI=1S/C14H16FIN2S/c15-10-7-13-12(8-11(10)16)17-14(19)18(13)6-5-9-3-1-2-4-9/h7-9H,1-6H2,(H,17,19). The number of H-pyrrole nitrogens is 1. The minimum absolute atomic E-state index is 0.170. The van der Waals surface area contributed by atoms with Crippen LogP contribution in [0.3, 0.4) is 0 Å². The number of hydrogen-bond donors (Lipinski definition) is 1. The summed E-state index contributed by atoms with van der Waals surface area (Å²) >= 11 is 7.37. The second-order valence-electron chi connectivity index (χ2n) is 5.30. The summed E-state index contributed by atoms with van der Waals surface area (Å²) in [5.74, 6) is 0.650. The Labute approximate surface area is 130 Å². The molecule has 3 rings (SSSR count). The molecule has 1 aliphatic carbocycles. The van der Waals surface area contributed by atoms with E-state index in [0.29, 0.717) is 8.34 Å². The first kappa shape index (κ1) is 13.5. The van der Waals surface area contributed by atoms with E-state index in [1.807, 2.05) is 33.2 Å². The molecule has 1 aliphatic rings. The van der Waals surface area contributed by atoms with Gasteiger partial charge in [-0.2, -0.15) is 0 Å². The number of benzene rings is 1. The Bertz CT molecular complexity index is 655. The van der Waals surface area contributed by atoms with Crippen LogP contribution in [0.15, 0.2) is 12.1 Å². The molecule has 1 aromatic carbocycles. The molecule has 2 nitrogen and oxygen atoms in total. The van der Waals surface area contributed by atoms with E-state index in [4.69, 9.17) is 12.2 Å². The number of imidazole rings is 1. The van der Waals surface area contributed by atoms with Crippen molar-refractivity contribution in [1.82, 2.24) is 9.55 Å². The van der Waals surface area contributed by atoms with Crippen LogP contribution >= 0.6 is 34.8 Å². The molecule has 0 amide bonds. The first-order valence-electron chi connectivity index (χ1n) is 6.72. The summed E-state index contributed by atoms with van der Waals surface area (Å²) in [4.78, 5) is 3.18. The van der Waals surface area contributed by atoms with Crippen molar-refractivity contribution in [2.75, 3.05) is 0 Å². The van der Waals surface area contributed by atoms with Crippen molar-refractivity contribution >= 4 is 45.8 Å². The van der Waals surface area contributed by atoms with Gasteiger partial charge in [-0.05, 0) is 53.2 Å². The summed E-state index contributed by atoms with van der Waals surface area (Å²) in [7, 11) is 0. The highest BCUT2D eigenvalue weighted by molar-refractivity contribution is 14.1. The molecule has 19 heavy (non-hydrogen) atoms. The molecule has 0 radical (unpaired) electrons. The van der Waals surface area contributed by atoms with Gasteiger partial charge in [0, 0.05) is 12.6 Å². The smallest absolute Gasteiger partial charge is 0.178 e. The molecule has 1 fully saturated rings. The fourth-order valence-electron chi connectivity index (χ4n) is 2.98. The SMILES string of the molecule is Fc1cc2c(cc1I)[nH]c(=S)n2CCC1CCCC1. The highest BCUT2D eigenvalue weighted by Crippen LogP contribution is 2.29. The number of fused-ring (bicyclic) bond motifs is 1. The maximum atomic E-state index is 13.7. The topological polar surface area (TPSA) is 20.7 Å². The van der Waals surface area contributed by atoms with Crippen LogP contribution in [-0.4, -0.2) is 9.55 Å². The van der Waals surface area contributed by atoms with E-state index in [0.717, 1.165) is 29.9 Å².